The molecule has 0 aliphatic carbocycles. The Hall–Kier alpha value is -1.79. The summed E-state index contributed by atoms with van der Waals surface area (Å²) in [7, 11) is -4.19. The van der Waals surface area contributed by atoms with Crippen LogP contribution in [0.15, 0.2) is 0 Å². The summed E-state index contributed by atoms with van der Waals surface area (Å²) in [6.45, 7) is 9.09. The van der Waals surface area contributed by atoms with Gasteiger partial charge in [0.05, 0.1) is 18.6 Å². The highest BCUT2D eigenvalue weighted by molar-refractivity contribution is 8.13. The van der Waals surface area contributed by atoms with E-state index in [9.17, 15) is 28.5 Å². The summed E-state index contributed by atoms with van der Waals surface area (Å²) in [5.41, 5.74) is -1.46. The average Bonchev–Trinajstić information content (AvgIpc) is 2.80. The van der Waals surface area contributed by atoms with E-state index in [1.165, 1.54) is 18.7 Å². The molecule has 12 nitrogen and oxygen atoms in total. The minimum Gasteiger partial charge on any atom is -0.463 e. The van der Waals surface area contributed by atoms with Crippen molar-refractivity contribution in [2.24, 2.45) is 10.8 Å². The van der Waals surface area contributed by atoms with Gasteiger partial charge in [-0.25, -0.2) is 13.9 Å². The van der Waals surface area contributed by atoms with Gasteiger partial charge in [-0.1, -0.05) is 25.6 Å². The molecule has 1 heterocycles. The molecule has 0 bridgehead atoms. The van der Waals surface area contributed by atoms with Crippen LogP contribution >= 0.6 is 19.6 Å². The van der Waals surface area contributed by atoms with E-state index in [-0.39, 0.29) is 49.3 Å². The fourth-order valence-electron chi connectivity index (χ4n) is 3.10. The monoisotopic (exact) mass is 581 g/mol. The first-order valence-electron chi connectivity index (χ1n) is 12.4. The van der Waals surface area contributed by atoms with E-state index in [1.807, 2.05) is 0 Å². The van der Waals surface area contributed by atoms with Gasteiger partial charge in [0.15, 0.2) is 10.9 Å². The van der Waals surface area contributed by atoms with Crippen molar-refractivity contribution in [2.45, 2.75) is 79.8 Å². The van der Waals surface area contributed by atoms with Gasteiger partial charge in [-0.05, 0) is 33.6 Å². The Balaban J connectivity index is 2.41. The van der Waals surface area contributed by atoms with Crippen molar-refractivity contribution in [3.63, 3.8) is 0 Å². The van der Waals surface area contributed by atoms with Gasteiger partial charge in [0.25, 0.3) is 0 Å². The summed E-state index contributed by atoms with van der Waals surface area (Å²) < 4.78 is 38.3. The molecule has 1 aliphatic rings. The second kappa shape index (κ2) is 15.7. The van der Waals surface area contributed by atoms with Crippen molar-refractivity contribution in [2.75, 3.05) is 32.3 Å². The molecule has 0 saturated carbocycles. The second-order valence-electron chi connectivity index (χ2n) is 10.5. The maximum atomic E-state index is 12.9. The lowest BCUT2D eigenvalue weighted by Crippen LogP contribution is -2.45. The number of Topliss-reactive ketones (excluding diaryl/α,β-unsaturated/α-hetero) is 2. The Labute approximate surface area is 228 Å². The maximum Gasteiger partial charge on any atom is 0.478 e. The first-order chi connectivity index (χ1) is 17.6. The Morgan fingerprint density at radius 2 is 1.71 bits per heavy atom. The number of hydrogen-bond acceptors (Lipinski definition) is 12. The standard InChI is InChI=1S/C24H40NO11PS/c1-17(26)38-14-8-10-18(27)9-7-11-19(28)20-24(5,6)15-34-37(31,36-20)35-16-33-22(30)25-12-13-32-21(29)23(2,3)4/h20H,7-16H2,1-6H3,(H,25,30)/t20-,37-/m0/s1. The molecule has 1 saturated heterocycles. The molecule has 38 heavy (non-hydrogen) atoms. The van der Waals surface area contributed by atoms with E-state index in [2.05, 4.69) is 5.32 Å². The Bertz CT molecular complexity index is 900. The van der Waals surface area contributed by atoms with Gasteiger partial charge in [0, 0.05) is 37.4 Å². The van der Waals surface area contributed by atoms with Gasteiger partial charge in [0.1, 0.15) is 18.5 Å². The zero-order chi connectivity index (χ0) is 29.0. The van der Waals surface area contributed by atoms with Gasteiger partial charge in [-0.3, -0.25) is 28.2 Å². The molecule has 0 spiro atoms. The fraction of sp³-hybridized carbons (Fsp3) is 0.792. The molecule has 0 radical (unpaired) electrons. The van der Waals surface area contributed by atoms with Crippen LogP contribution in [0, 0.1) is 10.8 Å². The Morgan fingerprint density at radius 1 is 1.05 bits per heavy atom. The highest BCUT2D eigenvalue weighted by Crippen LogP contribution is 2.57. The summed E-state index contributed by atoms with van der Waals surface area (Å²) in [6, 6.07) is 0. The normalized spacial score (nSPS) is 20.8. The summed E-state index contributed by atoms with van der Waals surface area (Å²) in [5, 5.41) is 2.35. The Kier molecular flexibility index (Phi) is 14.2. The summed E-state index contributed by atoms with van der Waals surface area (Å²) in [5.74, 6) is -0.173. The number of ether oxygens (including phenoxy) is 2. The third-order valence-corrected chi connectivity index (χ3v) is 7.47. The molecule has 2 atom stereocenters. The number of phosphoric acid groups is 1. The lowest BCUT2D eigenvalue weighted by molar-refractivity contribution is -0.152. The summed E-state index contributed by atoms with van der Waals surface area (Å²) in [6.07, 6.45) is -0.500. The molecule has 1 fully saturated rings. The number of ketones is 2. The number of hydrogen-bond donors (Lipinski definition) is 1. The molecule has 0 aromatic carbocycles. The van der Waals surface area contributed by atoms with Crippen LogP contribution in [0.25, 0.3) is 0 Å². The molecular weight excluding hydrogens is 541 g/mol. The van der Waals surface area contributed by atoms with Crippen LogP contribution in [-0.2, 0) is 46.8 Å². The topological polar surface area (TPSA) is 161 Å². The molecule has 0 aromatic rings. The first-order valence-corrected chi connectivity index (χ1v) is 14.8. The molecule has 1 aliphatic heterocycles. The SMILES string of the molecule is CC(=O)SCCCC(=O)CCCC(=O)[C@@H]1O[P@](=O)(OCOC(=O)NCCOC(=O)C(C)(C)C)OCC1(C)C. The zero-order valence-corrected chi connectivity index (χ0v) is 24.7. The van der Waals surface area contributed by atoms with E-state index in [4.69, 9.17) is 23.0 Å². The number of nitrogens with one attached hydrogen (secondary N) is 1. The number of alkyl carbamates (subject to hydrolysis) is 1. The number of thioether (sulfide) groups is 1. The smallest absolute Gasteiger partial charge is 0.463 e. The predicted octanol–water partition coefficient (Wildman–Crippen LogP) is 4.19. The number of amides is 1. The molecule has 0 aromatic heterocycles. The van der Waals surface area contributed by atoms with Crippen LogP contribution in [0.5, 0.6) is 0 Å². The quantitative estimate of drug-likeness (QED) is 0.127. The number of carbonyl (C=O) groups excluding carboxylic acids is 5. The van der Waals surface area contributed by atoms with Gasteiger partial charge < -0.3 is 14.8 Å². The number of phosphoric ester groups is 1. The molecule has 0 unspecified atom stereocenters. The largest absolute Gasteiger partial charge is 0.478 e. The van der Waals surface area contributed by atoms with E-state index in [0.29, 0.717) is 25.0 Å². The average molecular weight is 582 g/mol. The molecule has 14 heteroatoms. The van der Waals surface area contributed by atoms with Crippen molar-refractivity contribution < 1.29 is 51.6 Å². The van der Waals surface area contributed by atoms with Crippen LogP contribution in [0.2, 0.25) is 0 Å². The molecule has 1 N–H and O–H groups in total. The molecular formula is C24H40NO11PS. The first kappa shape index (κ1) is 34.2. The van der Waals surface area contributed by atoms with Crippen LogP contribution in [0.4, 0.5) is 4.79 Å². The van der Waals surface area contributed by atoms with Gasteiger partial charge in [-0.2, -0.15) is 0 Å². The van der Waals surface area contributed by atoms with Crippen LogP contribution in [0.3, 0.4) is 0 Å². The van der Waals surface area contributed by atoms with Crippen molar-refractivity contribution in [1.82, 2.24) is 5.32 Å². The van der Waals surface area contributed by atoms with Crippen molar-refractivity contribution in [3.8, 4) is 0 Å². The van der Waals surface area contributed by atoms with Crippen LogP contribution in [-0.4, -0.2) is 67.2 Å². The van der Waals surface area contributed by atoms with Crippen LogP contribution in [0.1, 0.15) is 73.6 Å². The zero-order valence-electron chi connectivity index (χ0n) is 23.0. The van der Waals surface area contributed by atoms with Gasteiger partial charge in [-0.15, -0.1) is 0 Å². The fourth-order valence-corrected chi connectivity index (χ4v) is 5.20. The van der Waals surface area contributed by atoms with Crippen LogP contribution < -0.4 is 5.32 Å². The summed E-state index contributed by atoms with van der Waals surface area (Å²) >= 11 is 1.17. The van der Waals surface area contributed by atoms with Crippen molar-refractivity contribution in [3.05, 3.63) is 0 Å². The van der Waals surface area contributed by atoms with Gasteiger partial charge >= 0.3 is 19.9 Å². The van der Waals surface area contributed by atoms with E-state index >= 15 is 0 Å². The highest BCUT2D eigenvalue weighted by atomic mass is 32.2. The van der Waals surface area contributed by atoms with Gasteiger partial charge in [0.2, 0.25) is 6.79 Å². The van der Waals surface area contributed by atoms with E-state index in [0.717, 1.165) is 0 Å². The third-order valence-electron chi connectivity index (χ3n) is 5.23. The Morgan fingerprint density at radius 3 is 2.34 bits per heavy atom. The van der Waals surface area contributed by atoms with Crippen molar-refractivity contribution >= 4 is 48.3 Å². The predicted molar refractivity (Wildman–Crippen MR) is 139 cm³/mol. The van der Waals surface area contributed by atoms with E-state index < -0.39 is 43.6 Å². The van der Waals surface area contributed by atoms with E-state index in [1.54, 1.807) is 34.6 Å². The number of carbonyl (C=O) groups is 5. The lowest BCUT2D eigenvalue weighted by atomic mass is 9.84. The molecule has 1 amide bonds. The molecule has 218 valence electrons. The number of esters is 1. The highest BCUT2D eigenvalue weighted by Gasteiger charge is 2.48. The summed E-state index contributed by atoms with van der Waals surface area (Å²) in [4.78, 5) is 59.2. The second-order valence-corrected chi connectivity index (χ2v) is 13.4. The van der Waals surface area contributed by atoms with Crippen molar-refractivity contribution in [1.29, 1.82) is 0 Å². The molecule has 1 rings (SSSR count). The third kappa shape index (κ3) is 13.3. The minimum absolute atomic E-state index is 0.00401. The minimum atomic E-state index is -4.19. The maximum absolute atomic E-state index is 12.9. The number of rotatable bonds is 15. The lowest BCUT2D eigenvalue weighted by Gasteiger charge is -2.39.